The molecular weight excluding hydrogens is 220 g/mol. The molecule has 1 N–H and O–H groups in total. The van der Waals surface area contributed by atoms with Crippen molar-refractivity contribution in [1.29, 1.82) is 0 Å². The first kappa shape index (κ1) is 10.6. The molecule has 16 heavy (non-hydrogen) atoms. The lowest BCUT2D eigenvalue weighted by Crippen LogP contribution is -1.98. The summed E-state index contributed by atoms with van der Waals surface area (Å²) in [5.74, 6) is -0.898. The van der Waals surface area contributed by atoms with E-state index in [-0.39, 0.29) is 0 Å². The molecule has 1 aromatic heterocycles. The fraction of sp³-hybridized carbons (Fsp3) is 0. The van der Waals surface area contributed by atoms with Gasteiger partial charge in [0.05, 0.1) is 5.56 Å². The van der Waals surface area contributed by atoms with E-state index >= 15 is 0 Å². The van der Waals surface area contributed by atoms with Crippen LogP contribution in [0.4, 0.5) is 0 Å². The lowest BCUT2D eigenvalue weighted by molar-refractivity contribution is 0.0696. The van der Waals surface area contributed by atoms with Crippen LogP contribution in [-0.2, 0) is 0 Å². The lowest BCUT2D eigenvalue weighted by Gasteiger charge is -1.99. The fourth-order valence-electron chi connectivity index (χ4n) is 1.39. The second kappa shape index (κ2) is 4.77. The van der Waals surface area contributed by atoms with E-state index < -0.39 is 5.97 Å². The number of aromatic carboxylic acids is 1. The van der Waals surface area contributed by atoms with Crippen LogP contribution in [0.15, 0.2) is 41.1 Å². The van der Waals surface area contributed by atoms with E-state index in [2.05, 4.69) is 0 Å². The Morgan fingerprint density at radius 3 is 2.69 bits per heavy atom. The number of rotatable bonds is 3. The summed E-state index contributed by atoms with van der Waals surface area (Å²) in [6, 6.07) is 8.96. The molecule has 0 saturated carbocycles. The number of benzene rings is 1. The molecule has 0 radical (unpaired) electrons. The highest BCUT2D eigenvalue weighted by molar-refractivity contribution is 7.08. The summed E-state index contributed by atoms with van der Waals surface area (Å²) in [5.41, 5.74) is 2.14. The summed E-state index contributed by atoms with van der Waals surface area (Å²) >= 11 is 1.62. The van der Waals surface area contributed by atoms with Gasteiger partial charge in [0, 0.05) is 0 Å². The van der Waals surface area contributed by atoms with Crippen molar-refractivity contribution < 1.29 is 9.90 Å². The number of carboxylic acid groups (broad SMARTS) is 1. The number of hydrogen-bond donors (Lipinski definition) is 1. The maximum Gasteiger partial charge on any atom is 0.336 e. The van der Waals surface area contributed by atoms with Gasteiger partial charge in [-0.05, 0) is 34.0 Å². The summed E-state index contributed by atoms with van der Waals surface area (Å²) in [7, 11) is 0. The molecule has 80 valence electrons. The number of carboxylic acids is 1. The molecule has 2 aromatic rings. The van der Waals surface area contributed by atoms with Crippen LogP contribution in [0.1, 0.15) is 21.5 Å². The van der Waals surface area contributed by atoms with Gasteiger partial charge in [-0.2, -0.15) is 11.3 Å². The minimum atomic E-state index is -0.898. The van der Waals surface area contributed by atoms with Gasteiger partial charge >= 0.3 is 5.97 Å². The van der Waals surface area contributed by atoms with Crippen LogP contribution in [0.25, 0.3) is 12.2 Å². The molecule has 2 nitrogen and oxygen atoms in total. The van der Waals surface area contributed by atoms with Gasteiger partial charge < -0.3 is 5.11 Å². The minimum absolute atomic E-state index is 0.328. The van der Waals surface area contributed by atoms with Crippen LogP contribution >= 0.6 is 11.3 Å². The molecule has 0 bridgehead atoms. The molecule has 1 heterocycles. The number of carbonyl (C=O) groups is 1. The Balaban J connectivity index is 2.31. The van der Waals surface area contributed by atoms with Gasteiger partial charge in [-0.3, -0.25) is 0 Å². The van der Waals surface area contributed by atoms with Gasteiger partial charge in [0.25, 0.3) is 0 Å². The summed E-state index contributed by atoms with van der Waals surface area (Å²) in [5, 5.41) is 13.0. The van der Waals surface area contributed by atoms with Gasteiger partial charge in [-0.15, -0.1) is 0 Å². The zero-order valence-electron chi connectivity index (χ0n) is 8.46. The quantitative estimate of drug-likeness (QED) is 0.874. The van der Waals surface area contributed by atoms with Gasteiger partial charge in [0.1, 0.15) is 0 Å². The zero-order chi connectivity index (χ0) is 11.4. The largest absolute Gasteiger partial charge is 0.478 e. The van der Waals surface area contributed by atoms with Crippen molar-refractivity contribution in [1.82, 2.24) is 0 Å². The third-order valence-electron chi connectivity index (χ3n) is 2.19. The SMILES string of the molecule is O=C(O)c1ccccc1/C=C/c1ccsc1. The van der Waals surface area contributed by atoms with E-state index in [9.17, 15) is 4.79 Å². The van der Waals surface area contributed by atoms with E-state index in [0.29, 0.717) is 5.56 Å². The highest BCUT2D eigenvalue weighted by Crippen LogP contribution is 2.14. The highest BCUT2D eigenvalue weighted by atomic mass is 32.1. The lowest BCUT2D eigenvalue weighted by atomic mass is 10.1. The Kier molecular flexibility index (Phi) is 3.17. The average molecular weight is 230 g/mol. The molecule has 0 unspecified atom stereocenters. The molecule has 0 aliphatic carbocycles. The maximum absolute atomic E-state index is 11.0. The Labute approximate surface area is 97.5 Å². The normalized spacial score (nSPS) is 10.8. The van der Waals surface area contributed by atoms with Crippen LogP contribution < -0.4 is 0 Å². The fourth-order valence-corrected chi connectivity index (χ4v) is 2.02. The van der Waals surface area contributed by atoms with Crippen LogP contribution in [0.3, 0.4) is 0 Å². The third kappa shape index (κ3) is 2.38. The second-order valence-electron chi connectivity index (χ2n) is 3.28. The molecule has 0 amide bonds. The van der Waals surface area contributed by atoms with Crippen molar-refractivity contribution in [3.05, 3.63) is 57.8 Å². The first-order valence-electron chi connectivity index (χ1n) is 4.80. The van der Waals surface area contributed by atoms with Crippen molar-refractivity contribution in [3.8, 4) is 0 Å². The Hall–Kier alpha value is -1.87. The molecule has 0 aliphatic rings. The molecule has 0 atom stereocenters. The average Bonchev–Trinajstić information content (AvgIpc) is 2.79. The summed E-state index contributed by atoms with van der Waals surface area (Å²) in [6.07, 6.45) is 3.74. The van der Waals surface area contributed by atoms with Crippen LogP contribution in [0.5, 0.6) is 0 Å². The third-order valence-corrected chi connectivity index (χ3v) is 2.89. The van der Waals surface area contributed by atoms with Crippen molar-refractivity contribution >= 4 is 29.5 Å². The molecule has 0 fully saturated rings. The number of thiophene rings is 1. The van der Waals surface area contributed by atoms with Crippen LogP contribution in [0.2, 0.25) is 0 Å². The van der Waals surface area contributed by atoms with Crippen LogP contribution in [0, 0.1) is 0 Å². The smallest absolute Gasteiger partial charge is 0.336 e. The summed E-state index contributed by atoms with van der Waals surface area (Å²) in [4.78, 5) is 11.0. The Bertz CT molecular complexity index is 512. The van der Waals surface area contributed by atoms with Gasteiger partial charge in [-0.25, -0.2) is 4.79 Å². The monoisotopic (exact) mass is 230 g/mol. The molecule has 0 saturated heterocycles. The molecule has 0 aliphatic heterocycles. The van der Waals surface area contributed by atoms with E-state index in [1.165, 1.54) is 0 Å². The highest BCUT2D eigenvalue weighted by Gasteiger charge is 2.05. The number of hydrogen-bond acceptors (Lipinski definition) is 2. The van der Waals surface area contributed by atoms with Crippen molar-refractivity contribution in [2.24, 2.45) is 0 Å². The standard InChI is InChI=1S/C13H10O2S/c14-13(15)12-4-2-1-3-11(12)6-5-10-7-8-16-9-10/h1-9H,(H,14,15)/b6-5+. The molecule has 3 heteroatoms. The van der Waals surface area contributed by atoms with E-state index in [4.69, 9.17) is 5.11 Å². The van der Waals surface area contributed by atoms with Crippen molar-refractivity contribution in [2.75, 3.05) is 0 Å². The van der Waals surface area contributed by atoms with Crippen molar-refractivity contribution in [3.63, 3.8) is 0 Å². The maximum atomic E-state index is 11.0. The molecule has 0 spiro atoms. The molecule has 1 aromatic carbocycles. The first-order valence-corrected chi connectivity index (χ1v) is 5.74. The van der Waals surface area contributed by atoms with Gasteiger partial charge in [0.15, 0.2) is 0 Å². The molecule has 2 rings (SSSR count). The van der Waals surface area contributed by atoms with Crippen molar-refractivity contribution in [2.45, 2.75) is 0 Å². The summed E-state index contributed by atoms with van der Waals surface area (Å²) < 4.78 is 0. The first-order chi connectivity index (χ1) is 7.77. The topological polar surface area (TPSA) is 37.3 Å². The molecular formula is C13H10O2S. The predicted molar refractivity (Wildman–Crippen MR) is 66.6 cm³/mol. The van der Waals surface area contributed by atoms with Gasteiger partial charge in [-0.1, -0.05) is 30.4 Å². The zero-order valence-corrected chi connectivity index (χ0v) is 9.28. The Morgan fingerprint density at radius 1 is 1.19 bits per heavy atom. The van der Waals surface area contributed by atoms with Gasteiger partial charge in [0.2, 0.25) is 0 Å². The Morgan fingerprint density at radius 2 is 2.00 bits per heavy atom. The van der Waals surface area contributed by atoms with E-state index in [0.717, 1.165) is 11.1 Å². The van der Waals surface area contributed by atoms with E-state index in [1.807, 2.05) is 35.0 Å². The summed E-state index contributed by atoms with van der Waals surface area (Å²) in [6.45, 7) is 0. The minimum Gasteiger partial charge on any atom is -0.478 e. The predicted octanol–water partition coefficient (Wildman–Crippen LogP) is 3.62. The second-order valence-corrected chi connectivity index (χ2v) is 4.06. The van der Waals surface area contributed by atoms with Crippen LogP contribution in [-0.4, -0.2) is 11.1 Å². The van der Waals surface area contributed by atoms with E-state index in [1.54, 1.807) is 29.5 Å².